The Morgan fingerprint density at radius 1 is 1.57 bits per heavy atom. The van der Waals surface area contributed by atoms with Gasteiger partial charge in [-0.2, -0.15) is 0 Å². The Morgan fingerprint density at radius 3 is 3.00 bits per heavy atom. The topological polar surface area (TPSA) is 69.0 Å². The quantitative estimate of drug-likeness (QED) is 0.500. The van der Waals surface area contributed by atoms with Gasteiger partial charge >= 0.3 is 0 Å². The van der Waals surface area contributed by atoms with Gasteiger partial charge in [-0.25, -0.2) is 0 Å². The van der Waals surface area contributed by atoms with Gasteiger partial charge in [0.25, 0.3) is 0 Å². The van der Waals surface area contributed by atoms with Gasteiger partial charge < -0.3 is 5.11 Å². The Balaban J connectivity index is 2.72. The number of phenolic OH excluding ortho intramolecular Hbond substituents is 1. The summed E-state index contributed by atoms with van der Waals surface area (Å²) in [7, 11) is 0. The Labute approximate surface area is 89.6 Å². The lowest BCUT2D eigenvalue weighted by Crippen LogP contribution is -1.74. The largest absolute Gasteiger partial charge is 0.507 e. The van der Waals surface area contributed by atoms with Gasteiger partial charge in [-0.1, -0.05) is 23.3 Å². The first kappa shape index (κ1) is 10.6. The molecule has 1 rings (SSSR count). The first-order chi connectivity index (χ1) is 6.74. The molecular weight excluding hydrogens is 246 g/mol. The van der Waals surface area contributed by atoms with Gasteiger partial charge in [0.05, 0.1) is 4.47 Å². The molecule has 0 aliphatic heterocycles. The minimum atomic E-state index is 0.206. The van der Waals surface area contributed by atoms with E-state index >= 15 is 0 Å². The second-order valence-electron chi connectivity index (χ2n) is 2.53. The number of hydrogen-bond acceptors (Lipinski definition) is 2. The summed E-state index contributed by atoms with van der Waals surface area (Å²) in [5.41, 5.74) is 8.96. The monoisotopic (exact) mass is 253 g/mol. The molecular formula is C9H8BrN3O. The molecule has 1 aromatic carbocycles. The maximum Gasteiger partial charge on any atom is 0.129 e. The Bertz CT molecular complexity index is 397. The normalized spacial score (nSPS) is 10.1. The lowest BCUT2D eigenvalue weighted by atomic mass is 10.2. The van der Waals surface area contributed by atoms with Crippen LogP contribution in [0.4, 0.5) is 0 Å². The molecule has 4 nitrogen and oxygen atoms in total. The fourth-order valence-electron chi connectivity index (χ4n) is 0.899. The second kappa shape index (κ2) is 5.32. The van der Waals surface area contributed by atoms with Gasteiger partial charge in [-0.3, -0.25) is 0 Å². The third kappa shape index (κ3) is 3.12. The van der Waals surface area contributed by atoms with Crippen molar-refractivity contribution in [2.75, 3.05) is 6.54 Å². The SMILES string of the molecule is [N-]=[N+]=NCC=Cc1ccc(O)c(Br)c1. The Kier molecular flexibility index (Phi) is 4.04. The van der Waals surface area contributed by atoms with Crippen molar-refractivity contribution in [2.45, 2.75) is 0 Å². The van der Waals surface area contributed by atoms with Crippen molar-refractivity contribution in [1.82, 2.24) is 0 Å². The van der Waals surface area contributed by atoms with Gasteiger partial charge in [0.2, 0.25) is 0 Å². The number of hydrogen-bond donors (Lipinski definition) is 1. The van der Waals surface area contributed by atoms with Crippen LogP contribution in [0.2, 0.25) is 0 Å². The number of rotatable bonds is 3. The molecule has 0 saturated heterocycles. The third-order valence-electron chi connectivity index (χ3n) is 1.53. The first-order valence-electron chi connectivity index (χ1n) is 3.90. The number of nitrogens with zero attached hydrogens (tertiary/aromatic N) is 3. The van der Waals surface area contributed by atoms with Crippen molar-refractivity contribution >= 4 is 22.0 Å². The summed E-state index contributed by atoms with van der Waals surface area (Å²) in [4.78, 5) is 2.62. The van der Waals surface area contributed by atoms with Crippen LogP contribution in [0.3, 0.4) is 0 Å². The summed E-state index contributed by atoms with van der Waals surface area (Å²) in [5.74, 6) is 0.206. The van der Waals surface area contributed by atoms with Gasteiger partial charge in [0.15, 0.2) is 0 Å². The maximum absolute atomic E-state index is 9.22. The predicted octanol–water partition coefficient (Wildman–Crippen LogP) is 3.48. The van der Waals surface area contributed by atoms with Crippen molar-refractivity contribution in [3.8, 4) is 5.75 Å². The van der Waals surface area contributed by atoms with Gasteiger partial charge in [0, 0.05) is 11.5 Å². The standard InChI is InChI=1S/C9H8BrN3O/c10-8-6-7(3-4-9(8)14)2-1-5-12-13-11/h1-4,6,14H,5H2. The highest BCUT2D eigenvalue weighted by molar-refractivity contribution is 9.10. The summed E-state index contributed by atoms with van der Waals surface area (Å²) < 4.78 is 0.642. The van der Waals surface area contributed by atoms with E-state index < -0.39 is 0 Å². The highest BCUT2D eigenvalue weighted by Crippen LogP contribution is 2.24. The summed E-state index contributed by atoms with van der Waals surface area (Å²) in [5, 5.41) is 12.6. The molecule has 14 heavy (non-hydrogen) atoms. The second-order valence-corrected chi connectivity index (χ2v) is 3.38. The maximum atomic E-state index is 9.22. The van der Waals surface area contributed by atoms with E-state index in [1.807, 2.05) is 6.08 Å². The van der Waals surface area contributed by atoms with E-state index in [9.17, 15) is 5.11 Å². The van der Waals surface area contributed by atoms with Crippen molar-refractivity contribution in [3.05, 3.63) is 44.8 Å². The van der Waals surface area contributed by atoms with Gasteiger partial charge in [0.1, 0.15) is 5.75 Å². The molecule has 0 radical (unpaired) electrons. The van der Waals surface area contributed by atoms with Crippen molar-refractivity contribution < 1.29 is 5.11 Å². The fraction of sp³-hybridized carbons (Fsp3) is 0.111. The molecule has 1 aromatic rings. The zero-order chi connectivity index (χ0) is 10.4. The third-order valence-corrected chi connectivity index (χ3v) is 2.17. The van der Waals surface area contributed by atoms with Crippen LogP contribution in [0.25, 0.3) is 16.5 Å². The minimum absolute atomic E-state index is 0.206. The summed E-state index contributed by atoms with van der Waals surface area (Å²) >= 11 is 3.20. The Hall–Kier alpha value is -1.45. The van der Waals surface area contributed by atoms with Crippen LogP contribution in [-0.4, -0.2) is 11.7 Å². The smallest absolute Gasteiger partial charge is 0.129 e. The molecule has 0 atom stereocenters. The average Bonchev–Trinajstić information content (AvgIpc) is 2.18. The fourth-order valence-corrected chi connectivity index (χ4v) is 1.30. The van der Waals surface area contributed by atoms with Crippen molar-refractivity contribution in [2.24, 2.45) is 5.11 Å². The molecule has 0 spiro atoms. The molecule has 0 aliphatic rings. The van der Waals surface area contributed by atoms with Crippen molar-refractivity contribution in [3.63, 3.8) is 0 Å². The van der Waals surface area contributed by atoms with Crippen LogP contribution >= 0.6 is 15.9 Å². The van der Waals surface area contributed by atoms with E-state index in [1.54, 1.807) is 24.3 Å². The molecule has 0 aromatic heterocycles. The van der Waals surface area contributed by atoms with Crippen LogP contribution in [0.5, 0.6) is 5.75 Å². The van der Waals surface area contributed by atoms with Crippen LogP contribution < -0.4 is 0 Å². The first-order valence-corrected chi connectivity index (χ1v) is 4.69. The summed E-state index contributed by atoms with van der Waals surface area (Å²) in [6, 6.07) is 5.14. The highest BCUT2D eigenvalue weighted by atomic mass is 79.9. The minimum Gasteiger partial charge on any atom is -0.507 e. The Morgan fingerprint density at radius 2 is 2.36 bits per heavy atom. The number of aromatic hydroxyl groups is 1. The molecule has 0 aliphatic carbocycles. The predicted molar refractivity (Wildman–Crippen MR) is 58.9 cm³/mol. The van der Waals surface area contributed by atoms with E-state index in [2.05, 4.69) is 26.0 Å². The number of benzene rings is 1. The van der Waals surface area contributed by atoms with Gasteiger partial charge in [-0.05, 0) is 39.2 Å². The van der Waals surface area contributed by atoms with Crippen LogP contribution in [0.15, 0.2) is 33.9 Å². The van der Waals surface area contributed by atoms with Crippen molar-refractivity contribution in [1.29, 1.82) is 0 Å². The van der Waals surface area contributed by atoms with E-state index in [0.717, 1.165) is 5.56 Å². The van der Waals surface area contributed by atoms with Gasteiger partial charge in [-0.15, -0.1) is 0 Å². The van der Waals surface area contributed by atoms with Crippen LogP contribution in [-0.2, 0) is 0 Å². The van der Waals surface area contributed by atoms with E-state index in [0.29, 0.717) is 11.0 Å². The molecule has 5 heteroatoms. The lowest BCUT2D eigenvalue weighted by Gasteiger charge is -1.97. The lowest BCUT2D eigenvalue weighted by molar-refractivity contribution is 0.472. The molecule has 0 saturated carbocycles. The van der Waals surface area contributed by atoms with Crippen LogP contribution in [0.1, 0.15) is 5.56 Å². The number of azide groups is 1. The number of phenols is 1. The molecule has 0 unspecified atom stereocenters. The molecule has 0 amide bonds. The molecule has 0 bridgehead atoms. The van der Waals surface area contributed by atoms with E-state index in [4.69, 9.17) is 5.53 Å². The zero-order valence-electron chi connectivity index (χ0n) is 7.26. The van der Waals surface area contributed by atoms with E-state index in [-0.39, 0.29) is 5.75 Å². The molecule has 1 N–H and O–H groups in total. The average molecular weight is 254 g/mol. The summed E-state index contributed by atoms with van der Waals surface area (Å²) in [6.07, 6.45) is 3.57. The number of halogens is 1. The molecule has 0 fully saturated rings. The summed E-state index contributed by atoms with van der Waals surface area (Å²) in [6.45, 7) is 0.328. The highest BCUT2D eigenvalue weighted by Gasteiger charge is 1.95. The zero-order valence-corrected chi connectivity index (χ0v) is 8.85. The molecule has 72 valence electrons. The van der Waals surface area contributed by atoms with E-state index in [1.165, 1.54) is 0 Å². The van der Waals surface area contributed by atoms with Crippen LogP contribution in [0, 0.1) is 0 Å². The molecule has 0 heterocycles.